The molecule has 0 saturated carbocycles. The summed E-state index contributed by atoms with van der Waals surface area (Å²) in [6.07, 6.45) is 0. The second kappa shape index (κ2) is 8.38. The Bertz CT molecular complexity index is 784. The van der Waals surface area contributed by atoms with E-state index in [1.165, 1.54) is 5.56 Å². The summed E-state index contributed by atoms with van der Waals surface area (Å²) in [6, 6.07) is 17.6. The first-order valence-corrected chi connectivity index (χ1v) is 9.64. The van der Waals surface area contributed by atoms with Crippen LogP contribution in [0, 0.1) is 18.8 Å². The highest BCUT2D eigenvalue weighted by Crippen LogP contribution is 2.34. The Balaban J connectivity index is 1.82. The zero-order chi connectivity index (χ0) is 19.4. The summed E-state index contributed by atoms with van der Waals surface area (Å²) in [5, 5.41) is 3.06. The van der Waals surface area contributed by atoms with Gasteiger partial charge in [0.05, 0.1) is 5.92 Å². The molecule has 1 heterocycles. The smallest absolute Gasteiger partial charge is 0.253 e. The third-order valence-electron chi connectivity index (χ3n) is 5.15. The molecule has 0 aromatic heterocycles. The fraction of sp³-hybridized carbons (Fsp3) is 0.391. The molecule has 0 spiro atoms. The molecule has 1 fully saturated rings. The number of benzene rings is 2. The summed E-state index contributed by atoms with van der Waals surface area (Å²) in [6.45, 7) is 7.89. The Morgan fingerprint density at radius 2 is 1.70 bits per heavy atom. The zero-order valence-corrected chi connectivity index (χ0v) is 16.3. The van der Waals surface area contributed by atoms with E-state index in [9.17, 15) is 9.59 Å². The number of carbonyl (C=O) groups is 2. The van der Waals surface area contributed by atoms with Crippen LogP contribution in [0.2, 0.25) is 0 Å². The van der Waals surface area contributed by atoms with Gasteiger partial charge in [-0.05, 0) is 30.5 Å². The van der Waals surface area contributed by atoms with Crippen LogP contribution in [0.5, 0.6) is 0 Å². The molecular weight excluding hydrogens is 336 g/mol. The molecule has 2 aromatic carbocycles. The van der Waals surface area contributed by atoms with E-state index < -0.39 is 0 Å². The molecule has 2 amide bonds. The predicted octanol–water partition coefficient (Wildman–Crippen LogP) is 3.62. The Labute approximate surface area is 161 Å². The minimum atomic E-state index is -0.223. The van der Waals surface area contributed by atoms with Crippen molar-refractivity contribution in [1.82, 2.24) is 10.2 Å². The molecule has 4 nitrogen and oxygen atoms in total. The lowest BCUT2D eigenvalue weighted by Crippen LogP contribution is -2.37. The highest BCUT2D eigenvalue weighted by Gasteiger charge is 2.40. The van der Waals surface area contributed by atoms with Gasteiger partial charge in [-0.3, -0.25) is 9.59 Å². The standard InChI is InChI=1S/C23H28N2O2/c1-16(2)13-24-22(26)21-15-25(23(27)19-7-5-4-6-8-19)14-20(21)18-11-9-17(3)10-12-18/h4-12,16,20-21H,13-15H2,1-3H3,(H,24,26)/t20-,21+/m1/s1. The van der Waals surface area contributed by atoms with Crippen LogP contribution in [0.1, 0.15) is 41.3 Å². The number of amides is 2. The Hall–Kier alpha value is -2.62. The third-order valence-corrected chi connectivity index (χ3v) is 5.15. The van der Waals surface area contributed by atoms with Crippen molar-refractivity contribution in [2.45, 2.75) is 26.7 Å². The topological polar surface area (TPSA) is 49.4 Å². The van der Waals surface area contributed by atoms with Crippen LogP contribution in [-0.4, -0.2) is 36.3 Å². The Morgan fingerprint density at radius 3 is 2.33 bits per heavy atom. The molecular formula is C23H28N2O2. The van der Waals surface area contributed by atoms with Crippen LogP contribution in [0.15, 0.2) is 54.6 Å². The number of likely N-dealkylation sites (tertiary alicyclic amines) is 1. The average Bonchev–Trinajstić information content (AvgIpc) is 3.12. The van der Waals surface area contributed by atoms with Crippen molar-refractivity contribution in [3.63, 3.8) is 0 Å². The van der Waals surface area contributed by atoms with Crippen LogP contribution in [-0.2, 0) is 4.79 Å². The SMILES string of the molecule is Cc1ccc([C@H]2CN(C(=O)c3ccccc3)C[C@@H]2C(=O)NCC(C)C)cc1. The van der Waals surface area contributed by atoms with Crippen LogP contribution < -0.4 is 5.32 Å². The fourth-order valence-corrected chi connectivity index (χ4v) is 3.59. The van der Waals surface area contributed by atoms with Gasteiger partial charge in [0.15, 0.2) is 0 Å². The summed E-state index contributed by atoms with van der Waals surface area (Å²) in [4.78, 5) is 27.6. The van der Waals surface area contributed by atoms with E-state index in [1.807, 2.05) is 35.2 Å². The van der Waals surface area contributed by atoms with Gasteiger partial charge in [0, 0.05) is 31.1 Å². The maximum absolute atomic E-state index is 12.9. The highest BCUT2D eigenvalue weighted by molar-refractivity contribution is 5.95. The number of hydrogen-bond donors (Lipinski definition) is 1. The van der Waals surface area contributed by atoms with Gasteiger partial charge in [-0.1, -0.05) is 61.9 Å². The zero-order valence-electron chi connectivity index (χ0n) is 16.3. The lowest BCUT2D eigenvalue weighted by molar-refractivity contribution is -0.125. The lowest BCUT2D eigenvalue weighted by atomic mass is 9.88. The minimum absolute atomic E-state index is 0.00753. The molecule has 1 N–H and O–H groups in total. The molecule has 2 atom stereocenters. The van der Waals surface area contributed by atoms with E-state index in [0.717, 1.165) is 5.56 Å². The number of carbonyl (C=O) groups excluding carboxylic acids is 2. The fourth-order valence-electron chi connectivity index (χ4n) is 3.59. The molecule has 27 heavy (non-hydrogen) atoms. The molecule has 0 radical (unpaired) electrons. The largest absolute Gasteiger partial charge is 0.356 e. The van der Waals surface area contributed by atoms with E-state index in [0.29, 0.717) is 31.1 Å². The van der Waals surface area contributed by atoms with Crippen molar-refractivity contribution < 1.29 is 9.59 Å². The molecule has 0 bridgehead atoms. The van der Waals surface area contributed by atoms with Gasteiger partial charge in [-0.25, -0.2) is 0 Å². The predicted molar refractivity (Wildman–Crippen MR) is 108 cm³/mol. The molecule has 0 unspecified atom stereocenters. The van der Waals surface area contributed by atoms with Crippen molar-refractivity contribution in [3.8, 4) is 0 Å². The van der Waals surface area contributed by atoms with Crippen molar-refractivity contribution in [3.05, 3.63) is 71.3 Å². The van der Waals surface area contributed by atoms with Gasteiger partial charge in [-0.2, -0.15) is 0 Å². The van der Waals surface area contributed by atoms with Crippen molar-refractivity contribution in [1.29, 1.82) is 0 Å². The van der Waals surface area contributed by atoms with Gasteiger partial charge < -0.3 is 10.2 Å². The first-order chi connectivity index (χ1) is 13.0. The first-order valence-electron chi connectivity index (χ1n) is 9.64. The quantitative estimate of drug-likeness (QED) is 0.881. The van der Waals surface area contributed by atoms with Crippen LogP contribution in [0.4, 0.5) is 0 Å². The average molecular weight is 364 g/mol. The maximum atomic E-state index is 12.9. The molecule has 2 aromatic rings. The van der Waals surface area contributed by atoms with Crippen molar-refractivity contribution in [2.75, 3.05) is 19.6 Å². The van der Waals surface area contributed by atoms with E-state index in [4.69, 9.17) is 0 Å². The molecule has 0 aliphatic carbocycles. The van der Waals surface area contributed by atoms with Gasteiger partial charge in [0.25, 0.3) is 5.91 Å². The number of nitrogens with zero attached hydrogens (tertiary/aromatic N) is 1. The Kier molecular flexibility index (Phi) is 5.94. The summed E-state index contributed by atoms with van der Waals surface area (Å²) < 4.78 is 0. The van der Waals surface area contributed by atoms with E-state index >= 15 is 0 Å². The molecule has 1 aliphatic rings. The van der Waals surface area contributed by atoms with Crippen molar-refractivity contribution in [2.24, 2.45) is 11.8 Å². The molecule has 1 aliphatic heterocycles. The number of aryl methyl sites for hydroxylation is 1. The van der Waals surface area contributed by atoms with Gasteiger partial charge in [0.1, 0.15) is 0 Å². The van der Waals surface area contributed by atoms with Crippen LogP contribution >= 0.6 is 0 Å². The van der Waals surface area contributed by atoms with Gasteiger partial charge in [0.2, 0.25) is 5.91 Å². The molecule has 1 saturated heterocycles. The minimum Gasteiger partial charge on any atom is -0.356 e. The third kappa shape index (κ3) is 4.57. The molecule has 4 heteroatoms. The molecule has 3 rings (SSSR count). The summed E-state index contributed by atoms with van der Waals surface area (Å²) in [5.74, 6) is 0.226. The normalized spacial score (nSPS) is 19.3. The van der Waals surface area contributed by atoms with Gasteiger partial charge >= 0.3 is 0 Å². The highest BCUT2D eigenvalue weighted by atomic mass is 16.2. The van der Waals surface area contributed by atoms with E-state index in [2.05, 4.69) is 50.4 Å². The first kappa shape index (κ1) is 19.2. The van der Waals surface area contributed by atoms with E-state index in [1.54, 1.807) is 0 Å². The Morgan fingerprint density at radius 1 is 1.04 bits per heavy atom. The lowest BCUT2D eigenvalue weighted by Gasteiger charge is -2.19. The molecule has 142 valence electrons. The second-order valence-corrected chi connectivity index (χ2v) is 7.84. The number of nitrogens with one attached hydrogen (secondary N) is 1. The summed E-state index contributed by atoms with van der Waals surface area (Å²) >= 11 is 0. The van der Waals surface area contributed by atoms with Crippen LogP contribution in [0.25, 0.3) is 0 Å². The van der Waals surface area contributed by atoms with Crippen LogP contribution in [0.3, 0.4) is 0 Å². The number of hydrogen-bond acceptors (Lipinski definition) is 2. The second-order valence-electron chi connectivity index (χ2n) is 7.84. The maximum Gasteiger partial charge on any atom is 0.253 e. The number of rotatable bonds is 5. The monoisotopic (exact) mass is 364 g/mol. The summed E-state index contributed by atoms with van der Waals surface area (Å²) in [7, 11) is 0. The van der Waals surface area contributed by atoms with E-state index in [-0.39, 0.29) is 23.7 Å². The van der Waals surface area contributed by atoms with Crippen molar-refractivity contribution >= 4 is 11.8 Å². The summed E-state index contributed by atoms with van der Waals surface area (Å²) in [5.41, 5.74) is 2.98. The van der Waals surface area contributed by atoms with Gasteiger partial charge in [-0.15, -0.1) is 0 Å².